The lowest BCUT2D eigenvalue weighted by Crippen LogP contribution is -2.06. The summed E-state index contributed by atoms with van der Waals surface area (Å²) in [5.74, 6) is -0.371. The topological polar surface area (TPSA) is 69.2 Å². The van der Waals surface area contributed by atoms with E-state index >= 15 is 0 Å². The minimum Gasteiger partial charge on any atom is -0.324 e. The Labute approximate surface area is 119 Å². The second-order valence-corrected chi connectivity index (χ2v) is 5.38. The van der Waals surface area contributed by atoms with E-state index in [2.05, 4.69) is 0 Å². The van der Waals surface area contributed by atoms with Crippen molar-refractivity contribution in [2.75, 3.05) is 0 Å². The Morgan fingerprint density at radius 3 is 2.60 bits per heavy atom. The van der Waals surface area contributed by atoms with E-state index in [4.69, 9.17) is 5.73 Å². The number of nitrogens with two attached hydrogens (primary N) is 1. The molecule has 2 rings (SSSR count). The summed E-state index contributed by atoms with van der Waals surface area (Å²) in [6.45, 7) is 1.75. The van der Waals surface area contributed by atoms with E-state index in [1.807, 2.05) is 0 Å². The summed E-state index contributed by atoms with van der Waals surface area (Å²) in [6, 6.07) is 10.4. The third kappa shape index (κ3) is 3.15. The first-order chi connectivity index (χ1) is 9.49. The van der Waals surface area contributed by atoms with Gasteiger partial charge in [0.1, 0.15) is 5.82 Å². The van der Waals surface area contributed by atoms with Crippen LogP contribution in [0.25, 0.3) is 0 Å². The van der Waals surface area contributed by atoms with E-state index in [0.29, 0.717) is 10.5 Å². The zero-order chi connectivity index (χ0) is 14.7. The van der Waals surface area contributed by atoms with Crippen molar-refractivity contribution in [1.29, 1.82) is 0 Å². The number of halogens is 1. The largest absolute Gasteiger partial charge is 0.324 e. The van der Waals surface area contributed by atoms with Gasteiger partial charge in [-0.3, -0.25) is 10.1 Å². The number of rotatable bonds is 4. The SMILES string of the molecule is CC(N)c1cc(F)ccc1Sc1ccccc1[N+](=O)[O-]. The molecule has 0 saturated carbocycles. The molecular formula is C14H13FN2O2S. The van der Waals surface area contributed by atoms with Crippen molar-refractivity contribution >= 4 is 17.4 Å². The second-order valence-electron chi connectivity index (χ2n) is 4.30. The fourth-order valence-corrected chi connectivity index (χ4v) is 2.91. The van der Waals surface area contributed by atoms with Gasteiger partial charge in [0.25, 0.3) is 5.69 Å². The van der Waals surface area contributed by atoms with Crippen molar-refractivity contribution in [3.63, 3.8) is 0 Å². The molecule has 0 heterocycles. The lowest BCUT2D eigenvalue weighted by atomic mass is 10.1. The van der Waals surface area contributed by atoms with E-state index in [1.165, 1.54) is 30.0 Å². The van der Waals surface area contributed by atoms with E-state index in [0.717, 1.165) is 4.90 Å². The highest BCUT2D eigenvalue weighted by molar-refractivity contribution is 7.99. The van der Waals surface area contributed by atoms with Crippen LogP contribution < -0.4 is 5.73 Å². The third-order valence-corrected chi connectivity index (χ3v) is 3.90. The number of hydrogen-bond donors (Lipinski definition) is 1. The summed E-state index contributed by atoms with van der Waals surface area (Å²) in [5.41, 5.74) is 6.48. The standard InChI is InChI=1S/C14H13FN2O2S/c1-9(16)11-8-10(15)6-7-13(11)20-14-5-3-2-4-12(14)17(18)19/h2-9H,16H2,1H3. The van der Waals surface area contributed by atoms with Gasteiger partial charge < -0.3 is 5.73 Å². The molecule has 0 radical (unpaired) electrons. The molecule has 2 aromatic rings. The molecule has 0 amide bonds. The minimum absolute atomic E-state index is 0.0254. The van der Waals surface area contributed by atoms with Crippen LogP contribution in [0.5, 0.6) is 0 Å². The summed E-state index contributed by atoms with van der Waals surface area (Å²) in [5, 5.41) is 11.0. The number of benzene rings is 2. The Morgan fingerprint density at radius 2 is 1.95 bits per heavy atom. The zero-order valence-electron chi connectivity index (χ0n) is 10.7. The lowest BCUT2D eigenvalue weighted by Gasteiger charge is -2.12. The zero-order valence-corrected chi connectivity index (χ0v) is 11.6. The van der Waals surface area contributed by atoms with E-state index in [-0.39, 0.29) is 17.5 Å². The minimum atomic E-state index is -0.433. The van der Waals surface area contributed by atoms with Crippen LogP contribution in [0.2, 0.25) is 0 Å². The molecule has 1 unspecified atom stereocenters. The maximum Gasteiger partial charge on any atom is 0.283 e. The van der Waals surface area contributed by atoms with Crippen LogP contribution in [0.3, 0.4) is 0 Å². The molecular weight excluding hydrogens is 279 g/mol. The highest BCUT2D eigenvalue weighted by Gasteiger charge is 2.16. The summed E-state index contributed by atoms with van der Waals surface area (Å²) < 4.78 is 13.3. The molecule has 0 fully saturated rings. The van der Waals surface area contributed by atoms with Gasteiger partial charge in [-0.2, -0.15) is 0 Å². The van der Waals surface area contributed by atoms with Crippen LogP contribution in [-0.4, -0.2) is 4.92 Å². The molecule has 0 spiro atoms. The van der Waals surface area contributed by atoms with E-state index in [1.54, 1.807) is 31.2 Å². The van der Waals surface area contributed by atoms with E-state index in [9.17, 15) is 14.5 Å². The predicted molar refractivity (Wildman–Crippen MR) is 76.2 cm³/mol. The van der Waals surface area contributed by atoms with Crippen molar-refractivity contribution < 1.29 is 9.31 Å². The second kappa shape index (κ2) is 6.02. The van der Waals surface area contributed by atoms with Crippen molar-refractivity contribution in [2.24, 2.45) is 5.73 Å². The van der Waals surface area contributed by atoms with Gasteiger partial charge >= 0.3 is 0 Å². The van der Waals surface area contributed by atoms with Gasteiger partial charge in [-0.25, -0.2) is 4.39 Å². The fraction of sp³-hybridized carbons (Fsp3) is 0.143. The molecule has 0 bridgehead atoms. The monoisotopic (exact) mass is 292 g/mol. The van der Waals surface area contributed by atoms with Gasteiger partial charge in [-0.15, -0.1) is 0 Å². The Bertz CT molecular complexity index is 647. The van der Waals surface area contributed by atoms with E-state index < -0.39 is 4.92 Å². The van der Waals surface area contributed by atoms with Gasteiger partial charge in [-0.05, 0) is 36.8 Å². The highest BCUT2D eigenvalue weighted by atomic mass is 32.2. The number of nitro benzene ring substituents is 1. The molecule has 0 saturated heterocycles. The molecule has 2 aromatic carbocycles. The maximum absolute atomic E-state index is 13.3. The van der Waals surface area contributed by atoms with Gasteiger partial charge in [0, 0.05) is 17.0 Å². The highest BCUT2D eigenvalue weighted by Crippen LogP contribution is 2.37. The lowest BCUT2D eigenvalue weighted by molar-refractivity contribution is -0.387. The van der Waals surface area contributed by atoms with Gasteiger partial charge in [0.05, 0.1) is 9.82 Å². The van der Waals surface area contributed by atoms with Gasteiger partial charge in [0.2, 0.25) is 0 Å². The van der Waals surface area contributed by atoms with Crippen LogP contribution in [-0.2, 0) is 0 Å². The Kier molecular flexibility index (Phi) is 4.36. The third-order valence-electron chi connectivity index (χ3n) is 2.74. The van der Waals surface area contributed by atoms with Crippen molar-refractivity contribution in [2.45, 2.75) is 22.8 Å². The summed E-state index contributed by atoms with van der Waals surface area (Å²) >= 11 is 1.22. The molecule has 0 aromatic heterocycles. The van der Waals surface area contributed by atoms with Crippen molar-refractivity contribution in [1.82, 2.24) is 0 Å². The van der Waals surface area contributed by atoms with Crippen molar-refractivity contribution in [3.05, 3.63) is 64.0 Å². The normalized spacial score (nSPS) is 12.2. The fourth-order valence-electron chi connectivity index (χ4n) is 1.78. The Morgan fingerprint density at radius 1 is 1.25 bits per heavy atom. The summed E-state index contributed by atoms with van der Waals surface area (Å²) in [7, 11) is 0. The molecule has 4 nitrogen and oxygen atoms in total. The first kappa shape index (κ1) is 14.5. The molecule has 2 N–H and O–H groups in total. The van der Waals surface area contributed by atoms with Gasteiger partial charge in [-0.1, -0.05) is 23.9 Å². The number of nitrogens with zero attached hydrogens (tertiary/aromatic N) is 1. The molecule has 104 valence electrons. The van der Waals surface area contributed by atoms with Crippen LogP contribution in [0, 0.1) is 15.9 Å². The summed E-state index contributed by atoms with van der Waals surface area (Å²) in [4.78, 5) is 11.8. The maximum atomic E-state index is 13.3. The first-order valence-corrected chi connectivity index (χ1v) is 6.77. The molecule has 1 atom stereocenters. The Balaban J connectivity index is 2.43. The summed E-state index contributed by atoms with van der Waals surface area (Å²) in [6.07, 6.45) is 0. The molecule has 0 aliphatic carbocycles. The van der Waals surface area contributed by atoms with Crippen molar-refractivity contribution in [3.8, 4) is 0 Å². The molecule has 0 aliphatic heterocycles. The number of hydrogen-bond acceptors (Lipinski definition) is 4. The number of para-hydroxylation sites is 1. The average molecular weight is 292 g/mol. The van der Waals surface area contributed by atoms with Crippen LogP contribution in [0.1, 0.15) is 18.5 Å². The molecule has 0 aliphatic rings. The average Bonchev–Trinajstić information content (AvgIpc) is 2.41. The van der Waals surface area contributed by atoms with Crippen LogP contribution in [0.4, 0.5) is 10.1 Å². The first-order valence-electron chi connectivity index (χ1n) is 5.95. The quantitative estimate of drug-likeness (QED) is 0.685. The molecule has 20 heavy (non-hydrogen) atoms. The number of nitro groups is 1. The Hall–Kier alpha value is -1.92. The smallest absolute Gasteiger partial charge is 0.283 e. The van der Waals surface area contributed by atoms with Gasteiger partial charge in [0.15, 0.2) is 0 Å². The molecule has 6 heteroatoms. The predicted octanol–water partition coefficient (Wildman–Crippen LogP) is 3.90. The van der Waals surface area contributed by atoms with Crippen LogP contribution in [0.15, 0.2) is 52.3 Å². The van der Waals surface area contributed by atoms with Crippen LogP contribution >= 0.6 is 11.8 Å².